The van der Waals surface area contributed by atoms with Crippen LogP contribution in [0.3, 0.4) is 0 Å². The number of hydrogen-bond acceptors (Lipinski definition) is 2. The van der Waals surface area contributed by atoms with Crippen LogP contribution in [-0.4, -0.2) is 20.9 Å². The number of aromatic nitrogens is 2. The lowest BCUT2D eigenvalue weighted by molar-refractivity contribution is -0.142. The van der Waals surface area contributed by atoms with Crippen molar-refractivity contribution >= 4 is 21.9 Å². The molecule has 0 saturated heterocycles. The van der Waals surface area contributed by atoms with Gasteiger partial charge in [-0.15, -0.1) is 0 Å². The molecule has 0 aromatic carbocycles. The van der Waals surface area contributed by atoms with Crippen LogP contribution in [0.4, 0.5) is 0 Å². The Labute approximate surface area is 84.7 Å². The number of carboxylic acid groups (broad SMARTS) is 1. The van der Waals surface area contributed by atoms with Crippen molar-refractivity contribution in [1.29, 1.82) is 0 Å². The van der Waals surface area contributed by atoms with Gasteiger partial charge in [0.1, 0.15) is 0 Å². The molecule has 1 aromatic heterocycles. The molecule has 0 bridgehead atoms. The van der Waals surface area contributed by atoms with Gasteiger partial charge in [0.15, 0.2) is 0 Å². The van der Waals surface area contributed by atoms with Gasteiger partial charge in [-0.25, -0.2) is 0 Å². The van der Waals surface area contributed by atoms with E-state index in [1.807, 2.05) is 6.92 Å². The molecule has 0 saturated carbocycles. The Morgan fingerprint density at radius 1 is 1.69 bits per heavy atom. The molecule has 0 amide bonds. The molecule has 0 aliphatic carbocycles. The van der Waals surface area contributed by atoms with Gasteiger partial charge < -0.3 is 5.11 Å². The van der Waals surface area contributed by atoms with Gasteiger partial charge in [0.2, 0.25) is 0 Å². The maximum Gasteiger partial charge on any atom is 0.308 e. The number of carbonyl (C=O) groups is 1. The number of nitrogens with zero attached hydrogens (tertiary/aromatic N) is 2. The van der Waals surface area contributed by atoms with Gasteiger partial charge in [0.05, 0.1) is 22.6 Å². The fraction of sp³-hybridized carbons (Fsp3) is 0.500. The molecule has 1 rings (SSSR count). The molecule has 4 nitrogen and oxygen atoms in total. The van der Waals surface area contributed by atoms with Crippen molar-refractivity contribution in [3.8, 4) is 0 Å². The Morgan fingerprint density at radius 2 is 2.31 bits per heavy atom. The van der Waals surface area contributed by atoms with Crippen molar-refractivity contribution in [2.75, 3.05) is 0 Å². The zero-order chi connectivity index (χ0) is 10.0. The van der Waals surface area contributed by atoms with Gasteiger partial charge in [0, 0.05) is 6.20 Å². The van der Waals surface area contributed by atoms with Crippen LogP contribution < -0.4 is 0 Å². The molecule has 1 heterocycles. The number of hydrogen-bond donors (Lipinski definition) is 1. The molecule has 1 aromatic rings. The molecule has 0 aliphatic heterocycles. The van der Waals surface area contributed by atoms with E-state index in [4.69, 9.17) is 5.11 Å². The Bertz CT molecular complexity index is 311. The van der Waals surface area contributed by atoms with E-state index >= 15 is 0 Å². The number of rotatable bonds is 3. The highest BCUT2D eigenvalue weighted by atomic mass is 79.9. The smallest absolute Gasteiger partial charge is 0.308 e. The van der Waals surface area contributed by atoms with E-state index in [0.29, 0.717) is 0 Å². The molecule has 13 heavy (non-hydrogen) atoms. The molecule has 72 valence electrons. The first-order valence-corrected chi connectivity index (χ1v) is 4.74. The fourth-order valence-corrected chi connectivity index (χ4v) is 1.27. The largest absolute Gasteiger partial charge is 0.481 e. The first-order chi connectivity index (χ1) is 6.02. The molecule has 2 unspecified atom stereocenters. The lowest BCUT2D eigenvalue weighted by Gasteiger charge is -2.15. The third-order valence-electron chi connectivity index (χ3n) is 2.10. The molecule has 1 N–H and O–H groups in total. The van der Waals surface area contributed by atoms with E-state index in [-0.39, 0.29) is 6.04 Å². The molecule has 0 spiro atoms. The van der Waals surface area contributed by atoms with Crippen molar-refractivity contribution in [2.24, 2.45) is 5.92 Å². The average molecular weight is 247 g/mol. The minimum absolute atomic E-state index is 0.135. The highest BCUT2D eigenvalue weighted by Crippen LogP contribution is 2.18. The Kier molecular flexibility index (Phi) is 3.08. The quantitative estimate of drug-likeness (QED) is 0.887. The number of aliphatic carboxylic acids is 1. The van der Waals surface area contributed by atoms with E-state index in [2.05, 4.69) is 21.0 Å². The lowest BCUT2D eigenvalue weighted by Crippen LogP contribution is -2.21. The summed E-state index contributed by atoms with van der Waals surface area (Å²) in [7, 11) is 0. The van der Waals surface area contributed by atoms with Crippen LogP contribution >= 0.6 is 15.9 Å². The van der Waals surface area contributed by atoms with Gasteiger partial charge in [-0.05, 0) is 29.8 Å². The highest BCUT2D eigenvalue weighted by Gasteiger charge is 2.21. The summed E-state index contributed by atoms with van der Waals surface area (Å²) in [6.45, 7) is 3.50. The van der Waals surface area contributed by atoms with Gasteiger partial charge >= 0.3 is 5.97 Å². The van der Waals surface area contributed by atoms with Gasteiger partial charge in [-0.2, -0.15) is 5.10 Å². The van der Waals surface area contributed by atoms with E-state index in [9.17, 15) is 4.79 Å². The predicted molar refractivity (Wildman–Crippen MR) is 51.4 cm³/mol. The van der Waals surface area contributed by atoms with Crippen molar-refractivity contribution in [3.63, 3.8) is 0 Å². The van der Waals surface area contributed by atoms with Crippen LogP contribution in [0, 0.1) is 5.92 Å². The van der Waals surface area contributed by atoms with Crippen LogP contribution in [0.15, 0.2) is 16.9 Å². The van der Waals surface area contributed by atoms with Crippen molar-refractivity contribution in [3.05, 3.63) is 16.9 Å². The third-order valence-corrected chi connectivity index (χ3v) is 2.51. The summed E-state index contributed by atoms with van der Waals surface area (Å²) in [5, 5.41) is 12.8. The van der Waals surface area contributed by atoms with Crippen LogP contribution in [-0.2, 0) is 4.79 Å². The topological polar surface area (TPSA) is 55.1 Å². The standard InChI is InChI=1S/C8H11BrN2O2/c1-5(8(12)13)6(2)11-4-7(9)3-10-11/h3-6H,1-2H3,(H,12,13). The van der Waals surface area contributed by atoms with Crippen LogP contribution in [0.25, 0.3) is 0 Å². The lowest BCUT2D eigenvalue weighted by atomic mass is 10.1. The SMILES string of the molecule is CC(C(=O)O)C(C)n1cc(Br)cn1. The summed E-state index contributed by atoms with van der Waals surface area (Å²) in [6.07, 6.45) is 3.41. The van der Waals surface area contributed by atoms with E-state index in [1.165, 1.54) is 0 Å². The molecule has 0 radical (unpaired) electrons. The van der Waals surface area contributed by atoms with Crippen LogP contribution in [0.1, 0.15) is 19.9 Å². The van der Waals surface area contributed by atoms with Crippen molar-refractivity contribution < 1.29 is 9.90 Å². The van der Waals surface area contributed by atoms with Crippen LogP contribution in [0.5, 0.6) is 0 Å². The first kappa shape index (κ1) is 10.2. The zero-order valence-electron chi connectivity index (χ0n) is 7.44. The monoisotopic (exact) mass is 246 g/mol. The Hall–Kier alpha value is -0.840. The highest BCUT2D eigenvalue weighted by molar-refractivity contribution is 9.10. The average Bonchev–Trinajstić information content (AvgIpc) is 2.49. The number of carboxylic acids is 1. The second kappa shape index (κ2) is 3.91. The van der Waals surface area contributed by atoms with Gasteiger partial charge in [0.25, 0.3) is 0 Å². The van der Waals surface area contributed by atoms with Crippen LogP contribution in [0.2, 0.25) is 0 Å². The Morgan fingerprint density at radius 3 is 2.69 bits per heavy atom. The number of halogens is 1. The van der Waals surface area contributed by atoms with Gasteiger partial charge in [-0.3, -0.25) is 9.48 Å². The van der Waals surface area contributed by atoms with Gasteiger partial charge in [-0.1, -0.05) is 0 Å². The second-order valence-electron chi connectivity index (χ2n) is 3.01. The Balaban J connectivity index is 2.78. The third kappa shape index (κ3) is 2.30. The second-order valence-corrected chi connectivity index (χ2v) is 3.92. The fourth-order valence-electron chi connectivity index (χ4n) is 0.973. The minimum atomic E-state index is -0.806. The van der Waals surface area contributed by atoms with E-state index in [0.717, 1.165) is 4.47 Å². The molecule has 0 aliphatic rings. The minimum Gasteiger partial charge on any atom is -0.481 e. The summed E-state index contributed by atoms with van der Waals surface area (Å²) in [5.41, 5.74) is 0. The van der Waals surface area contributed by atoms with Crippen molar-refractivity contribution in [1.82, 2.24) is 9.78 Å². The summed E-state index contributed by atoms with van der Waals surface area (Å²) in [4.78, 5) is 10.7. The summed E-state index contributed by atoms with van der Waals surface area (Å²) in [6, 6.07) is -0.135. The summed E-state index contributed by atoms with van der Waals surface area (Å²) in [5.74, 6) is -1.24. The first-order valence-electron chi connectivity index (χ1n) is 3.95. The summed E-state index contributed by atoms with van der Waals surface area (Å²) < 4.78 is 2.50. The van der Waals surface area contributed by atoms with E-state index < -0.39 is 11.9 Å². The molecular weight excluding hydrogens is 236 g/mol. The van der Waals surface area contributed by atoms with E-state index in [1.54, 1.807) is 24.0 Å². The molecular formula is C8H11BrN2O2. The molecule has 0 fully saturated rings. The zero-order valence-corrected chi connectivity index (χ0v) is 9.02. The maximum absolute atomic E-state index is 10.7. The van der Waals surface area contributed by atoms with Crippen molar-refractivity contribution in [2.45, 2.75) is 19.9 Å². The predicted octanol–water partition coefficient (Wildman–Crippen LogP) is 1.93. The molecule has 5 heteroatoms. The summed E-state index contributed by atoms with van der Waals surface area (Å²) >= 11 is 3.26. The normalized spacial score (nSPS) is 15.3. The molecule has 2 atom stereocenters. The maximum atomic E-state index is 10.7.